The summed E-state index contributed by atoms with van der Waals surface area (Å²) < 4.78 is 4.71. The summed E-state index contributed by atoms with van der Waals surface area (Å²) in [6, 6.07) is 84.6. The van der Waals surface area contributed by atoms with Gasteiger partial charge in [0.1, 0.15) is 0 Å². The topological polar surface area (TPSA) is 48.5 Å². The molecule has 0 saturated carbocycles. The lowest BCUT2D eigenvalue weighted by molar-refractivity contribution is 0.955. The molecule has 3 heterocycles. The first-order chi connectivity index (χ1) is 33.7. The van der Waals surface area contributed by atoms with Crippen molar-refractivity contribution in [2.75, 3.05) is 0 Å². The van der Waals surface area contributed by atoms with Crippen molar-refractivity contribution in [3.05, 3.63) is 237 Å². The first-order valence-electron chi connectivity index (χ1n) is 23.1. The molecule has 0 spiro atoms. The van der Waals surface area contributed by atoms with Crippen molar-refractivity contribution in [3.63, 3.8) is 0 Å². The van der Waals surface area contributed by atoms with Crippen LogP contribution in [0.25, 0.3) is 133 Å². The molecule has 68 heavy (non-hydrogen) atoms. The highest BCUT2D eigenvalue weighted by molar-refractivity contribution is 6.27. The van der Waals surface area contributed by atoms with Crippen LogP contribution in [-0.4, -0.2) is 24.1 Å². The van der Waals surface area contributed by atoms with Crippen LogP contribution in [0, 0.1) is 0 Å². The van der Waals surface area contributed by atoms with Crippen molar-refractivity contribution in [1.29, 1.82) is 0 Å². The average molecular weight is 866 g/mol. The molecule has 316 valence electrons. The van der Waals surface area contributed by atoms with Gasteiger partial charge < -0.3 is 4.57 Å². The van der Waals surface area contributed by atoms with E-state index in [4.69, 9.17) is 15.0 Å². The molecule has 0 unspecified atom stereocenters. The predicted octanol–water partition coefficient (Wildman–Crippen LogP) is 16.2. The van der Waals surface area contributed by atoms with E-state index < -0.39 is 0 Å². The van der Waals surface area contributed by atoms with Crippen molar-refractivity contribution in [2.24, 2.45) is 0 Å². The van der Waals surface area contributed by atoms with Crippen LogP contribution in [0.4, 0.5) is 0 Å². The fourth-order valence-corrected chi connectivity index (χ4v) is 10.7. The second kappa shape index (κ2) is 15.2. The molecule has 11 aromatic carbocycles. The van der Waals surface area contributed by atoms with Crippen molar-refractivity contribution >= 4 is 75.9 Å². The van der Waals surface area contributed by atoms with Gasteiger partial charge in [-0.15, -0.1) is 0 Å². The Morgan fingerprint density at radius 3 is 1.37 bits per heavy atom. The molecule has 5 heteroatoms. The maximum absolute atomic E-state index is 5.45. The van der Waals surface area contributed by atoms with Crippen LogP contribution in [0.15, 0.2) is 237 Å². The highest BCUT2D eigenvalue weighted by atomic mass is 15.2. The quantitative estimate of drug-likeness (QED) is 0.156. The van der Waals surface area contributed by atoms with Gasteiger partial charge in [0.2, 0.25) is 5.95 Å². The SMILES string of the molecule is c1ccc(-c2cccc(-c3cccc(-c4nc(-c5ccccc5)nc(-n5c6ccccc6c6ccc7c(c8ccccc8n7-c7ccc8c9ccccc9c9ccccc9c8c7)c65)n4)c3)c2)cc1. The van der Waals surface area contributed by atoms with E-state index in [-0.39, 0.29) is 0 Å². The molecule has 0 aliphatic carbocycles. The highest BCUT2D eigenvalue weighted by Gasteiger charge is 2.24. The summed E-state index contributed by atoms with van der Waals surface area (Å²) in [4.78, 5) is 16.0. The Morgan fingerprint density at radius 1 is 0.250 bits per heavy atom. The molecule has 14 aromatic rings. The molecular weight excluding hydrogens is 827 g/mol. The number of nitrogens with zero attached hydrogens (tertiary/aromatic N) is 5. The molecule has 0 fully saturated rings. The Bertz CT molecular complexity index is 4280. The molecule has 0 atom stereocenters. The van der Waals surface area contributed by atoms with E-state index in [2.05, 4.69) is 228 Å². The Morgan fingerprint density at radius 2 is 0.706 bits per heavy atom. The molecule has 3 aromatic heterocycles. The number of benzene rings is 11. The highest BCUT2D eigenvalue weighted by Crippen LogP contribution is 2.43. The second-order valence-corrected chi connectivity index (χ2v) is 17.6. The lowest BCUT2D eigenvalue weighted by atomic mass is 9.94. The van der Waals surface area contributed by atoms with Crippen LogP contribution in [-0.2, 0) is 0 Å². The van der Waals surface area contributed by atoms with E-state index in [1.54, 1.807) is 0 Å². The van der Waals surface area contributed by atoms with E-state index in [0.717, 1.165) is 71.6 Å². The number of aromatic nitrogens is 5. The van der Waals surface area contributed by atoms with Crippen LogP contribution in [0.2, 0.25) is 0 Å². The standard InChI is InChI=1S/C63H39N5/c1-3-17-40(18-4-1)42-21-15-22-43(37-42)44-23-16-24-45(38-44)62-64-61(41-19-5-2-6-20-41)65-63(66-62)68-56-31-13-11-29-52(56)53-35-36-58-59(60(53)68)54-30-12-14-32-57(54)67(58)46-33-34-51-49-27-8-7-25-47(49)48-26-9-10-28-50(48)55(51)39-46/h1-39H. The molecule has 14 rings (SSSR count). The van der Waals surface area contributed by atoms with Crippen molar-refractivity contribution in [1.82, 2.24) is 24.1 Å². The van der Waals surface area contributed by atoms with Gasteiger partial charge >= 0.3 is 0 Å². The molecule has 0 aliphatic heterocycles. The molecular formula is C63H39N5. The Labute approximate surface area is 391 Å². The third-order valence-electron chi connectivity index (χ3n) is 13.7. The van der Waals surface area contributed by atoms with Gasteiger partial charge in [-0.1, -0.05) is 194 Å². The average Bonchev–Trinajstić information content (AvgIpc) is 3.94. The molecule has 5 nitrogen and oxygen atoms in total. The number of para-hydroxylation sites is 2. The van der Waals surface area contributed by atoms with Gasteiger partial charge in [-0.3, -0.25) is 4.57 Å². The summed E-state index contributed by atoms with van der Waals surface area (Å²) in [5, 5.41) is 12.1. The largest absolute Gasteiger partial charge is 0.309 e. The smallest absolute Gasteiger partial charge is 0.238 e. The normalized spacial score (nSPS) is 11.8. The van der Waals surface area contributed by atoms with E-state index in [1.807, 2.05) is 18.2 Å². The van der Waals surface area contributed by atoms with Crippen LogP contribution in [0.5, 0.6) is 0 Å². The summed E-state index contributed by atoms with van der Waals surface area (Å²) in [5.41, 5.74) is 11.8. The van der Waals surface area contributed by atoms with Crippen LogP contribution < -0.4 is 0 Å². The third-order valence-corrected chi connectivity index (χ3v) is 13.7. The van der Waals surface area contributed by atoms with Gasteiger partial charge in [0.05, 0.1) is 22.1 Å². The Balaban J connectivity index is 1.02. The fraction of sp³-hybridized carbons (Fsp3) is 0. The van der Waals surface area contributed by atoms with Gasteiger partial charge in [-0.25, -0.2) is 4.98 Å². The summed E-state index contributed by atoms with van der Waals surface area (Å²) in [6.45, 7) is 0. The zero-order valence-electron chi connectivity index (χ0n) is 36.8. The molecule has 0 N–H and O–H groups in total. The zero-order valence-corrected chi connectivity index (χ0v) is 36.8. The molecule has 0 amide bonds. The van der Waals surface area contributed by atoms with Gasteiger partial charge in [-0.05, 0) is 97.0 Å². The van der Waals surface area contributed by atoms with Gasteiger partial charge in [0, 0.05) is 38.4 Å². The summed E-state index contributed by atoms with van der Waals surface area (Å²) in [6.07, 6.45) is 0. The van der Waals surface area contributed by atoms with E-state index in [0.29, 0.717) is 17.6 Å². The minimum atomic E-state index is 0.560. The van der Waals surface area contributed by atoms with E-state index in [9.17, 15) is 0 Å². The lowest BCUT2D eigenvalue weighted by Crippen LogP contribution is -2.06. The molecule has 0 saturated heterocycles. The first-order valence-corrected chi connectivity index (χ1v) is 23.1. The predicted molar refractivity (Wildman–Crippen MR) is 283 cm³/mol. The Hall–Kier alpha value is -9.19. The van der Waals surface area contributed by atoms with Gasteiger partial charge in [0.15, 0.2) is 11.6 Å². The number of hydrogen-bond acceptors (Lipinski definition) is 3. The third kappa shape index (κ3) is 5.93. The van der Waals surface area contributed by atoms with Gasteiger partial charge in [0.25, 0.3) is 0 Å². The van der Waals surface area contributed by atoms with Crippen molar-refractivity contribution in [3.8, 4) is 56.7 Å². The molecule has 0 bridgehead atoms. The van der Waals surface area contributed by atoms with Crippen molar-refractivity contribution in [2.45, 2.75) is 0 Å². The maximum atomic E-state index is 5.45. The van der Waals surface area contributed by atoms with Crippen LogP contribution in [0.3, 0.4) is 0 Å². The summed E-state index contributed by atoms with van der Waals surface area (Å²) in [7, 11) is 0. The van der Waals surface area contributed by atoms with Gasteiger partial charge in [-0.2, -0.15) is 9.97 Å². The summed E-state index contributed by atoms with van der Waals surface area (Å²) in [5.74, 6) is 1.77. The first kappa shape index (κ1) is 38.1. The monoisotopic (exact) mass is 865 g/mol. The molecule has 0 aliphatic rings. The van der Waals surface area contributed by atoms with Crippen LogP contribution in [0.1, 0.15) is 0 Å². The second-order valence-electron chi connectivity index (χ2n) is 17.6. The minimum Gasteiger partial charge on any atom is -0.309 e. The molecule has 0 radical (unpaired) electrons. The fourth-order valence-electron chi connectivity index (χ4n) is 10.7. The number of fused-ring (bicyclic) bond motifs is 13. The van der Waals surface area contributed by atoms with Crippen LogP contribution >= 0.6 is 0 Å². The van der Waals surface area contributed by atoms with E-state index in [1.165, 1.54) is 43.4 Å². The van der Waals surface area contributed by atoms with E-state index >= 15 is 0 Å². The summed E-state index contributed by atoms with van der Waals surface area (Å²) >= 11 is 0. The number of rotatable bonds is 6. The Kier molecular flexibility index (Phi) is 8.52. The maximum Gasteiger partial charge on any atom is 0.238 e. The lowest BCUT2D eigenvalue weighted by Gasteiger charge is -2.14. The minimum absolute atomic E-state index is 0.560. The van der Waals surface area contributed by atoms with Crippen molar-refractivity contribution < 1.29 is 0 Å². The number of hydrogen-bond donors (Lipinski definition) is 0. The zero-order chi connectivity index (χ0) is 44.7.